The Hall–Kier alpha value is -2.50. The topological polar surface area (TPSA) is 67.4 Å². The molecule has 0 aliphatic carbocycles. The summed E-state index contributed by atoms with van der Waals surface area (Å²) >= 11 is 11.8. The van der Waals surface area contributed by atoms with Crippen molar-refractivity contribution in [1.29, 1.82) is 0 Å². The highest BCUT2D eigenvalue weighted by Crippen LogP contribution is 2.28. The van der Waals surface area contributed by atoms with Crippen molar-refractivity contribution in [3.63, 3.8) is 0 Å². The average molecular weight is 379 g/mol. The summed E-state index contributed by atoms with van der Waals surface area (Å²) in [5, 5.41) is 0.758. The largest absolute Gasteiger partial charge is 0.479 e. The van der Waals surface area contributed by atoms with Crippen LogP contribution in [0.5, 0.6) is 5.75 Å². The van der Waals surface area contributed by atoms with Crippen LogP contribution in [-0.4, -0.2) is 17.9 Å². The summed E-state index contributed by atoms with van der Waals surface area (Å²) < 4.78 is 5.45. The molecule has 0 aliphatic heterocycles. The number of benzene rings is 2. The molecule has 7 heteroatoms. The van der Waals surface area contributed by atoms with E-state index >= 15 is 0 Å². The van der Waals surface area contributed by atoms with Crippen molar-refractivity contribution in [1.82, 2.24) is 10.9 Å². The number of nitrogens with one attached hydrogen (secondary N) is 2. The molecule has 1 unspecified atom stereocenters. The SMILES string of the molecule is CC(Oc1ccc(Cl)cc1Cl)C(=O)NNC(=O)C=Cc1ccccc1. The van der Waals surface area contributed by atoms with Gasteiger partial charge in [-0.25, -0.2) is 0 Å². The van der Waals surface area contributed by atoms with E-state index in [1.165, 1.54) is 19.1 Å². The Labute approximate surface area is 155 Å². The Morgan fingerprint density at radius 2 is 1.80 bits per heavy atom. The van der Waals surface area contributed by atoms with E-state index in [4.69, 9.17) is 27.9 Å². The Morgan fingerprint density at radius 3 is 2.48 bits per heavy atom. The molecule has 2 aromatic rings. The molecule has 0 radical (unpaired) electrons. The summed E-state index contributed by atoms with van der Waals surface area (Å²) in [6.07, 6.45) is 2.09. The monoisotopic (exact) mass is 378 g/mol. The molecule has 25 heavy (non-hydrogen) atoms. The van der Waals surface area contributed by atoms with Gasteiger partial charge in [-0.15, -0.1) is 0 Å². The maximum absolute atomic E-state index is 12.0. The van der Waals surface area contributed by atoms with Crippen LogP contribution in [-0.2, 0) is 9.59 Å². The lowest BCUT2D eigenvalue weighted by molar-refractivity contribution is -0.131. The van der Waals surface area contributed by atoms with Crippen LogP contribution in [0.1, 0.15) is 12.5 Å². The standard InChI is InChI=1S/C18H16Cl2N2O3/c1-12(25-16-9-8-14(19)11-15(16)20)18(24)22-21-17(23)10-7-13-5-3-2-4-6-13/h2-12H,1H3,(H,21,23)(H,22,24). The molecule has 1 atom stereocenters. The third-order valence-electron chi connectivity index (χ3n) is 3.10. The van der Waals surface area contributed by atoms with Gasteiger partial charge in [0.2, 0.25) is 0 Å². The highest BCUT2D eigenvalue weighted by atomic mass is 35.5. The molecule has 0 spiro atoms. The number of ether oxygens (including phenoxy) is 1. The molecule has 2 rings (SSSR count). The van der Waals surface area contributed by atoms with E-state index in [0.717, 1.165) is 5.56 Å². The zero-order chi connectivity index (χ0) is 18.2. The molecule has 0 bridgehead atoms. The van der Waals surface area contributed by atoms with Crippen LogP contribution in [0.15, 0.2) is 54.6 Å². The van der Waals surface area contributed by atoms with E-state index in [9.17, 15) is 9.59 Å². The fourth-order valence-electron chi connectivity index (χ4n) is 1.82. The van der Waals surface area contributed by atoms with E-state index in [1.807, 2.05) is 30.3 Å². The molecular formula is C18H16Cl2N2O3. The predicted molar refractivity (Wildman–Crippen MR) is 98.3 cm³/mol. The maximum Gasteiger partial charge on any atom is 0.279 e. The number of carbonyl (C=O) groups is 2. The first-order valence-electron chi connectivity index (χ1n) is 7.40. The molecule has 0 fully saturated rings. The lowest BCUT2D eigenvalue weighted by atomic mass is 10.2. The van der Waals surface area contributed by atoms with E-state index in [-0.39, 0.29) is 0 Å². The Morgan fingerprint density at radius 1 is 1.08 bits per heavy atom. The highest BCUT2D eigenvalue weighted by Gasteiger charge is 2.16. The van der Waals surface area contributed by atoms with E-state index in [1.54, 1.807) is 18.2 Å². The third kappa shape index (κ3) is 6.14. The fraction of sp³-hybridized carbons (Fsp3) is 0.111. The summed E-state index contributed by atoms with van der Waals surface area (Å²) in [6.45, 7) is 1.53. The second-order valence-electron chi connectivity index (χ2n) is 5.06. The Kier molecular flexibility index (Phi) is 6.86. The van der Waals surface area contributed by atoms with Gasteiger partial charge in [0.15, 0.2) is 6.10 Å². The van der Waals surface area contributed by atoms with Gasteiger partial charge in [0.25, 0.3) is 11.8 Å². The molecule has 2 amide bonds. The number of amides is 2. The lowest BCUT2D eigenvalue weighted by Gasteiger charge is -2.15. The molecule has 5 nitrogen and oxygen atoms in total. The molecule has 0 saturated heterocycles. The molecule has 130 valence electrons. The van der Waals surface area contributed by atoms with Crippen molar-refractivity contribution in [2.45, 2.75) is 13.0 Å². The molecule has 2 aromatic carbocycles. The van der Waals surface area contributed by atoms with Crippen LogP contribution in [0.2, 0.25) is 10.0 Å². The fourth-order valence-corrected chi connectivity index (χ4v) is 2.27. The first-order valence-corrected chi connectivity index (χ1v) is 8.16. The summed E-state index contributed by atoms with van der Waals surface area (Å²) in [7, 11) is 0. The van der Waals surface area contributed by atoms with Crippen molar-refractivity contribution in [2.24, 2.45) is 0 Å². The number of hydrazine groups is 1. The number of halogens is 2. The van der Waals surface area contributed by atoms with Crippen LogP contribution in [0, 0.1) is 0 Å². The minimum absolute atomic E-state index is 0.294. The lowest BCUT2D eigenvalue weighted by Crippen LogP contribution is -2.46. The summed E-state index contributed by atoms with van der Waals surface area (Å²) in [5.74, 6) is -0.662. The van der Waals surface area contributed by atoms with Crippen LogP contribution >= 0.6 is 23.2 Å². The smallest absolute Gasteiger partial charge is 0.279 e. The van der Waals surface area contributed by atoms with Gasteiger partial charge in [-0.05, 0) is 36.8 Å². The van der Waals surface area contributed by atoms with Gasteiger partial charge in [-0.1, -0.05) is 53.5 Å². The van der Waals surface area contributed by atoms with Gasteiger partial charge in [0.1, 0.15) is 5.75 Å². The second kappa shape index (κ2) is 9.11. The second-order valence-corrected chi connectivity index (χ2v) is 5.90. The third-order valence-corrected chi connectivity index (χ3v) is 3.63. The molecule has 2 N–H and O–H groups in total. The number of hydrogen-bond donors (Lipinski definition) is 2. The molecule has 0 aliphatic rings. The van der Waals surface area contributed by atoms with Crippen LogP contribution < -0.4 is 15.6 Å². The zero-order valence-electron chi connectivity index (χ0n) is 13.3. The predicted octanol–water partition coefficient (Wildman–Crippen LogP) is 3.62. The van der Waals surface area contributed by atoms with Crippen LogP contribution in [0.25, 0.3) is 6.08 Å². The first kappa shape index (κ1) is 18.8. The van der Waals surface area contributed by atoms with E-state index in [2.05, 4.69) is 10.9 Å². The highest BCUT2D eigenvalue weighted by molar-refractivity contribution is 6.35. The number of hydrogen-bond acceptors (Lipinski definition) is 3. The Balaban J connectivity index is 1.82. The normalized spacial score (nSPS) is 11.8. The van der Waals surface area contributed by atoms with Crippen molar-refractivity contribution >= 4 is 41.1 Å². The van der Waals surface area contributed by atoms with Crippen LogP contribution in [0.3, 0.4) is 0 Å². The quantitative estimate of drug-likeness (QED) is 0.616. The number of carbonyl (C=O) groups excluding carboxylic acids is 2. The van der Waals surface area contributed by atoms with Gasteiger partial charge < -0.3 is 4.74 Å². The molecule has 0 heterocycles. The first-order chi connectivity index (χ1) is 12.0. The van der Waals surface area contributed by atoms with Gasteiger partial charge in [-0.3, -0.25) is 20.4 Å². The maximum atomic E-state index is 12.0. The summed E-state index contributed by atoms with van der Waals surface area (Å²) in [5.41, 5.74) is 5.44. The van der Waals surface area contributed by atoms with Gasteiger partial charge >= 0.3 is 0 Å². The van der Waals surface area contributed by atoms with Gasteiger partial charge in [0, 0.05) is 11.1 Å². The Bertz CT molecular complexity index is 779. The summed E-state index contributed by atoms with van der Waals surface area (Å²) in [4.78, 5) is 23.7. The molecule has 0 aromatic heterocycles. The minimum Gasteiger partial charge on any atom is -0.479 e. The zero-order valence-corrected chi connectivity index (χ0v) is 14.8. The van der Waals surface area contributed by atoms with E-state index in [0.29, 0.717) is 15.8 Å². The summed E-state index contributed by atoms with van der Waals surface area (Å²) in [6, 6.07) is 14.0. The van der Waals surface area contributed by atoms with Gasteiger partial charge in [0.05, 0.1) is 5.02 Å². The molecular weight excluding hydrogens is 363 g/mol. The molecule has 0 saturated carbocycles. The van der Waals surface area contributed by atoms with Crippen molar-refractivity contribution < 1.29 is 14.3 Å². The van der Waals surface area contributed by atoms with Crippen molar-refractivity contribution in [3.8, 4) is 5.75 Å². The van der Waals surface area contributed by atoms with Crippen LogP contribution in [0.4, 0.5) is 0 Å². The average Bonchev–Trinajstić information content (AvgIpc) is 2.61. The minimum atomic E-state index is -0.864. The van der Waals surface area contributed by atoms with E-state index < -0.39 is 17.9 Å². The van der Waals surface area contributed by atoms with Crippen molar-refractivity contribution in [2.75, 3.05) is 0 Å². The van der Waals surface area contributed by atoms with Gasteiger partial charge in [-0.2, -0.15) is 0 Å². The number of rotatable bonds is 5. The van der Waals surface area contributed by atoms with Crippen molar-refractivity contribution in [3.05, 3.63) is 70.2 Å².